The molecule has 0 atom stereocenters. The fourth-order valence-electron chi connectivity index (χ4n) is 1.07. The largest absolute Gasteiger partial charge is 0.399 e. The van der Waals surface area contributed by atoms with Crippen LogP contribution in [0, 0.1) is 0 Å². The van der Waals surface area contributed by atoms with Gasteiger partial charge in [0.2, 0.25) is 0 Å². The van der Waals surface area contributed by atoms with Crippen molar-refractivity contribution in [3.8, 4) is 0 Å². The number of rotatable bonds is 4. The summed E-state index contributed by atoms with van der Waals surface area (Å²) >= 11 is 4.72. The van der Waals surface area contributed by atoms with E-state index in [1.165, 1.54) is 17.8 Å². The number of hydrogen-bond donors (Lipinski definition) is 1. The van der Waals surface area contributed by atoms with Crippen LogP contribution in [0.5, 0.6) is 0 Å². The van der Waals surface area contributed by atoms with Gasteiger partial charge in [-0.1, -0.05) is 0 Å². The molecule has 0 radical (unpaired) electrons. The van der Waals surface area contributed by atoms with Crippen LogP contribution >= 0.6 is 27.7 Å². The number of sulfone groups is 1. The van der Waals surface area contributed by atoms with Gasteiger partial charge in [0.25, 0.3) is 0 Å². The van der Waals surface area contributed by atoms with Gasteiger partial charge in [-0.15, -0.1) is 0 Å². The Balaban J connectivity index is 3.05. The summed E-state index contributed by atoms with van der Waals surface area (Å²) in [7, 11) is -3.19. The third-order valence-corrected chi connectivity index (χ3v) is 5.40. The lowest BCUT2D eigenvalue weighted by Crippen LogP contribution is -2.09. The van der Waals surface area contributed by atoms with Gasteiger partial charge in [0.15, 0.2) is 9.84 Å². The molecule has 0 aliphatic heterocycles. The van der Waals surface area contributed by atoms with E-state index in [-0.39, 0.29) is 5.75 Å². The Morgan fingerprint density at radius 1 is 1.47 bits per heavy atom. The first kappa shape index (κ1) is 12.9. The summed E-state index contributed by atoms with van der Waals surface area (Å²) in [5.74, 6) is 0.746. The molecule has 0 heterocycles. The minimum atomic E-state index is -3.19. The molecular weight excluding hydrogens is 298 g/mol. The van der Waals surface area contributed by atoms with Crippen LogP contribution in [-0.4, -0.2) is 26.2 Å². The molecule has 0 amide bonds. The monoisotopic (exact) mass is 309 g/mol. The second kappa shape index (κ2) is 5.23. The van der Waals surface area contributed by atoms with Crippen LogP contribution in [0.4, 0.5) is 5.69 Å². The predicted octanol–water partition coefficient (Wildman–Crippen LogP) is 2.17. The quantitative estimate of drug-likeness (QED) is 0.866. The van der Waals surface area contributed by atoms with Crippen molar-refractivity contribution in [3.63, 3.8) is 0 Å². The lowest BCUT2D eigenvalue weighted by molar-refractivity contribution is 0.597. The Bertz CT molecular complexity index is 445. The first-order valence-corrected chi connectivity index (χ1v) is 8.08. The molecule has 0 saturated carbocycles. The normalized spacial score (nSPS) is 11.6. The Morgan fingerprint density at radius 3 is 2.67 bits per heavy atom. The van der Waals surface area contributed by atoms with Crippen LogP contribution < -0.4 is 5.73 Å². The van der Waals surface area contributed by atoms with Gasteiger partial charge in [0, 0.05) is 15.9 Å². The molecule has 84 valence electrons. The van der Waals surface area contributed by atoms with Crippen molar-refractivity contribution >= 4 is 43.2 Å². The van der Waals surface area contributed by atoms with E-state index in [2.05, 4.69) is 15.9 Å². The molecule has 0 bridgehead atoms. The van der Waals surface area contributed by atoms with E-state index < -0.39 is 9.84 Å². The Kier molecular flexibility index (Phi) is 4.48. The fraction of sp³-hybridized carbons (Fsp3) is 0.333. The number of halogens is 1. The molecule has 0 unspecified atom stereocenters. The Hall–Kier alpha value is -0.200. The average molecular weight is 310 g/mol. The van der Waals surface area contributed by atoms with Crippen molar-refractivity contribution < 1.29 is 8.42 Å². The standard InChI is InChI=1S/C9H12BrNO2S2/c1-14-4-5-15(12,13)9-3-2-7(11)6-8(9)10/h2-3,6H,4-5,11H2,1H3. The van der Waals surface area contributed by atoms with Gasteiger partial charge in [-0.2, -0.15) is 11.8 Å². The summed E-state index contributed by atoms with van der Waals surface area (Å²) in [6.07, 6.45) is 1.88. The third-order valence-electron chi connectivity index (χ3n) is 1.85. The van der Waals surface area contributed by atoms with Crippen LogP contribution in [0.3, 0.4) is 0 Å². The van der Waals surface area contributed by atoms with Gasteiger partial charge in [-0.3, -0.25) is 0 Å². The van der Waals surface area contributed by atoms with Crippen LogP contribution in [0.15, 0.2) is 27.6 Å². The van der Waals surface area contributed by atoms with Crippen molar-refractivity contribution in [2.24, 2.45) is 0 Å². The smallest absolute Gasteiger partial charge is 0.180 e. The Labute approximate surface area is 102 Å². The molecule has 0 aliphatic carbocycles. The number of benzene rings is 1. The zero-order valence-electron chi connectivity index (χ0n) is 8.23. The van der Waals surface area contributed by atoms with E-state index in [0.717, 1.165) is 0 Å². The maximum absolute atomic E-state index is 11.8. The van der Waals surface area contributed by atoms with Crippen LogP contribution in [0.25, 0.3) is 0 Å². The second-order valence-corrected chi connectivity index (χ2v) is 6.92. The van der Waals surface area contributed by atoms with Gasteiger partial charge >= 0.3 is 0 Å². The van der Waals surface area contributed by atoms with Gasteiger partial charge in [0.05, 0.1) is 10.6 Å². The van der Waals surface area contributed by atoms with Crippen molar-refractivity contribution in [1.29, 1.82) is 0 Å². The summed E-state index contributed by atoms with van der Waals surface area (Å²) in [5, 5.41) is 0. The summed E-state index contributed by atoms with van der Waals surface area (Å²) in [5.41, 5.74) is 6.09. The highest BCUT2D eigenvalue weighted by Gasteiger charge is 2.17. The molecule has 0 fully saturated rings. The number of anilines is 1. The van der Waals surface area contributed by atoms with Crippen molar-refractivity contribution in [1.82, 2.24) is 0 Å². The predicted molar refractivity (Wildman–Crippen MR) is 69.0 cm³/mol. The first-order chi connectivity index (χ1) is 6.97. The van der Waals surface area contributed by atoms with Gasteiger partial charge < -0.3 is 5.73 Å². The minimum absolute atomic E-state index is 0.149. The zero-order valence-corrected chi connectivity index (χ0v) is 11.5. The summed E-state index contributed by atoms with van der Waals surface area (Å²) in [6.45, 7) is 0. The molecule has 2 N–H and O–H groups in total. The van der Waals surface area contributed by atoms with E-state index in [4.69, 9.17) is 5.73 Å². The van der Waals surface area contributed by atoms with E-state index in [1.54, 1.807) is 12.1 Å². The SMILES string of the molecule is CSCCS(=O)(=O)c1ccc(N)cc1Br. The summed E-state index contributed by atoms with van der Waals surface area (Å²) in [6, 6.07) is 4.73. The molecular formula is C9H12BrNO2S2. The molecule has 0 aliphatic rings. The highest BCUT2D eigenvalue weighted by atomic mass is 79.9. The fourth-order valence-corrected chi connectivity index (χ4v) is 4.60. The van der Waals surface area contributed by atoms with Crippen LogP contribution in [-0.2, 0) is 9.84 Å². The Morgan fingerprint density at radius 2 is 2.13 bits per heavy atom. The van der Waals surface area contributed by atoms with Crippen molar-refractivity contribution in [3.05, 3.63) is 22.7 Å². The summed E-state index contributed by atoms with van der Waals surface area (Å²) in [4.78, 5) is 0.311. The molecule has 1 aromatic carbocycles. The maximum atomic E-state index is 11.8. The van der Waals surface area contributed by atoms with Crippen molar-refractivity contribution in [2.75, 3.05) is 23.5 Å². The van der Waals surface area contributed by atoms with E-state index in [1.807, 2.05) is 6.26 Å². The lowest BCUT2D eigenvalue weighted by atomic mass is 10.3. The molecule has 3 nitrogen and oxygen atoms in total. The van der Waals surface area contributed by atoms with Crippen LogP contribution in [0.2, 0.25) is 0 Å². The third kappa shape index (κ3) is 3.39. The number of hydrogen-bond acceptors (Lipinski definition) is 4. The zero-order chi connectivity index (χ0) is 11.5. The van der Waals surface area contributed by atoms with Gasteiger partial charge in [-0.05, 0) is 40.4 Å². The number of nitrogens with two attached hydrogens (primary N) is 1. The topological polar surface area (TPSA) is 60.2 Å². The maximum Gasteiger partial charge on any atom is 0.180 e. The molecule has 0 saturated heterocycles. The van der Waals surface area contributed by atoms with Gasteiger partial charge in [-0.25, -0.2) is 8.42 Å². The second-order valence-electron chi connectivity index (χ2n) is 3.00. The van der Waals surface area contributed by atoms with E-state index in [9.17, 15) is 8.42 Å². The highest BCUT2D eigenvalue weighted by molar-refractivity contribution is 9.10. The summed E-state index contributed by atoms with van der Waals surface area (Å²) < 4.78 is 24.2. The molecule has 15 heavy (non-hydrogen) atoms. The molecule has 6 heteroatoms. The van der Waals surface area contributed by atoms with Crippen LogP contribution in [0.1, 0.15) is 0 Å². The lowest BCUT2D eigenvalue weighted by Gasteiger charge is -2.06. The van der Waals surface area contributed by atoms with Gasteiger partial charge in [0.1, 0.15) is 0 Å². The molecule has 0 spiro atoms. The first-order valence-electron chi connectivity index (χ1n) is 4.24. The minimum Gasteiger partial charge on any atom is -0.399 e. The van der Waals surface area contributed by atoms with E-state index >= 15 is 0 Å². The average Bonchev–Trinajstić information content (AvgIpc) is 2.14. The highest BCUT2D eigenvalue weighted by Crippen LogP contribution is 2.25. The van der Waals surface area contributed by atoms with E-state index in [0.29, 0.717) is 20.8 Å². The number of nitrogen functional groups attached to an aromatic ring is 1. The molecule has 0 aromatic heterocycles. The molecule has 1 aromatic rings. The number of thioether (sulfide) groups is 1. The molecule has 1 rings (SSSR count). The van der Waals surface area contributed by atoms with Crippen molar-refractivity contribution in [2.45, 2.75) is 4.90 Å².